The highest BCUT2D eigenvalue weighted by atomic mass is 127. The highest BCUT2D eigenvalue weighted by Gasteiger charge is 2.30. The molecule has 0 saturated heterocycles. The SMILES string of the molecule is CCNc1nc(C(C)OC)nc(C2CC2)c1I. The molecule has 17 heavy (non-hydrogen) atoms. The average Bonchev–Trinajstić information content (AvgIpc) is 3.15. The van der Waals surface area contributed by atoms with Crippen LogP contribution in [0.15, 0.2) is 0 Å². The molecule has 1 saturated carbocycles. The number of hydrogen-bond acceptors (Lipinski definition) is 4. The average molecular weight is 347 g/mol. The summed E-state index contributed by atoms with van der Waals surface area (Å²) in [6.07, 6.45) is 2.44. The van der Waals surface area contributed by atoms with Gasteiger partial charge in [-0.2, -0.15) is 0 Å². The van der Waals surface area contributed by atoms with Crippen LogP contribution < -0.4 is 5.32 Å². The lowest BCUT2D eigenvalue weighted by Gasteiger charge is -2.14. The number of halogens is 1. The van der Waals surface area contributed by atoms with Gasteiger partial charge in [-0.05, 0) is 49.3 Å². The molecular formula is C12H18IN3O. The van der Waals surface area contributed by atoms with Crippen LogP contribution in [0.5, 0.6) is 0 Å². The van der Waals surface area contributed by atoms with E-state index < -0.39 is 0 Å². The molecule has 94 valence electrons. The van der Waals surface area contributed by atoms with E-state index in [1.807, 2.05) is 6.92 Å². The van der Waals surface area contributed by atoms with Crippen LogP contribution in [0.2, 0.25) is 0 Å². The molecule has 1 aromatic rings. The number of nitrogens with one attached hydrogen (secondary N) is 1. The van der Waals surface area contributed by atoms with Crippen molar-refractivity contribution in [1.29, 1.82) is 0 Å². The maximum absolute atomic E-state index is 5.31. The maximum Gasteiger partial charge on any atom is 0.159 e. The summed E-state index contributed by atoms with van der Waals surface area (Å²) in [4.78, 5) is 9.21. The largest absolute Gasteiger partial charge is 0.374 e. The zero-order chi connectivity index (χ0) is 12.4. The van der Waals surface area contributed by atoms with Gasteiger partial charge in [0.05, 0.1) is 9.26 Å². The number of aromatic nitrogens is 2. The first-order valence-electron chi connectivity index (χ1n) is 6.01. The van der Waals surface area contributed by atoms with Crippen molar-refractivity contribution in [2.24, 2.45) is 0 Å². The molecule has 1 aromatic heterocycles. The Labute approximate surface area is 116 Å². The predicted molar refractivity (Wildman–Crippen MR) is 76.3 cm³/mol. The number of ether oxygens (including phenoxy) is 1. The Morgan fingerprint density at radius 1 is 1.47 bits per heavy atom. The fourth-order valence-corrected chi connectivity index (χ4v) is 2.55. The Morgan fingerprint density at radius 2 is 2.18 bits per heavy atom. The van der Waals surface area contributed by atoms with Gasteiger partial charge in [-0.1, -0.05) is 0 Å². The third-order valence-electron chi connectivity index (χ3n) is 2.92. The second-order valence-electron chi connectivity index (χ2n) is 4.31. The molecule has 0 spiro atoms. The highest BCUT2D eigenvalue weighted by molar-refractivity contribution is 14.1. The molecular weight excluding hydrogens is 329 g/mol. The lowest BCUT2D eigenvalue weighted by molar-refractivity contribution is 0.112. The summed E-state index contributed by atoms with van der Waals surface area (Å²) in [6, 6.07) is 0. The van der Waals surface area contributed by atoms with Crippen molar-refractivity contribution < 1.29 is 4.74 Å². The van der Waals surface area contributed by atoms with Crippen LogP contribution in [0.1, 0.15) is 50.2 Å². The molecule has 0 aromatic carbocycles. The number of nitrogens with zero attached hydrogens (tertiary/aromatic N) is 2. The molecule has 0 aliphatic heterocycles. The van der Waals surface area contributed by atoms with Gasteiger partial charge in [0.15, 0.2) is 5.82 Å². The van der Waals surface area contributed by atoms with Gasteiger partial charge in [0, 0.05) is 19.6 Å². The van der Waals surface area contributed by atoms with Crippen LogP contribution in [0.4, 0.5) is 5.82 Å². The number of hydrogen-bond donors (Lipinski definition) is 1. The molecule has 1 aliphatic carbocycles. The van der Waals surface area contributed by atoms with Crippen molar-refractivity contribution in [3.05, 3.63) is 15.1 Å². The van der Waals surface area contributed by atoms with E-state index in [9.17, 15) is 0 Å². The maximum atomic E-state index is 5.31. The molecule has 0 bridgehead atoms. The zero-order valence-corrected chi connectivity index (χ0v) is 12.6. The van der Waals surface area contributed by atoms with Crippen molar-refractivity contribution in [1.82, 2.24) is 9.97 Å². The summed E-state index contributed by atoms with van der Waals surface area (Å²) in [6.45, 7) is 4.93. The Morgan fingerprint density at radius 3 is 2.71 bits per heavy atom. The van der Waals surface area contributed by atoms with Crippen molar-refractivity contribution in [3.8, 4) is 0 Å². The summed E-state index contributed by atoms with van der Waals surface area (Å²) < 4.78 is 6.47. The molecule has 5 heteroatoms. The molecule has 0 amide bonds. The second-order valence-corrected chi connectivity index (χ2v) is 5.39. The Kier molecular flexibility index (Phi) is 4.19. The zero-order valence-electron chi connectivity index (χ0n) is 10.5. The summed E-state index contributed by atoms with van der Waals surface area (Å²) >= 11 is 2.34. The lowest BCUT2D eigenvalue weighted by atomic mass is 10.2. The van der Waals surface area contributed by atoms with E-state index in [4.69, 9.17) is 4.74 Å². The molecule has 1 atom stereocenters. The van der Waals surface area contributed by atoms with Crippen LogP contribution in [-0.2, 0) is 4.74 Å². The van der Waals surface area contributed by atoms with Crippen LogP contribution in [0.25, 0.3) is 0 Å². The standard InChI is InChI=1S/C12H18IN3O/c1-4-14-12-9(13)10(8-5-6-8)15-11(16-12)7(2)17-3/h7-8H,4-6H2,1-3H3,(H,14,15,16). The molecule has 0 radical (unpaired) electrons. The first-order valence-corrected chi connectivity index (χ1v) is 7.09. The Bertz CT molecular complexity index is 407. The number of methoxy groups -OCH3 is 1. The molecule has 2 rings (SSSR count). The van der Waals surface area contributed by atoms with Gasteiger partial charge >= 0.3 is 0 Å². The van der Waals surface area contributed by atoms with Gasteiger partial charge in [0.1, 0.15) is 11.9 Å². The summed E-state index contributed by atoms with van der Waals surface area (Å²) in [5.41, 5.74) is 1.19. The van der Waals surface area contributed by atoms with Gasteiger partial charge in [0.2, 0.25) is 0 Å². The fourth-order valence-electron chi connectivity index (χ4n) is 1.68. The molecule has 1 heterocycles. The van der Waals surface area contributed by atoms with Gasteiger partial charge < -0.3 is 10.1 Å². The van der Waals surface area contributed by atoms with E-state index in [1.54, 1.807) is 7.11 Å². The van der Waals surface area contributed by atoms with E-state index >= 15 is 0 Å². The van der Waals surface area contributed by atoms with Gasteiger partial charge in [0.25, 0.3) is 0 Å². The minimum absolute atomic E-state index is 0.0538. The Balaban J connectivity index is 2.40. The van der Waals surface area contributed by atoms with Crippen molar-refractivity contribution in [2.75, 3.05) is 19.0 Å². The normalized spacial score (nSPS) is 16.9. The van der Waals surface area contributed by atoms with Gasteiger partial charge in [-0.25, -0.2) is 9.97 Å². The van der Waals surface area contributed by atoms with E-state index in [1.165, 1.54) is 22.1 Å². The monoisotopic (exact) mass is 347 g/mol. The number of anilines is 1. The molecule has 1 fully saturated rings. The van der Waals surface area contributed by atoms with Gasteiger partial charge in [-0.15, -0.1) is 0 Å². The van der Waals surface area contributed by atoms with Crippen LogP contribution >= 0.6 is 22.6 Å². The molecule has 1 aliphatic rings. The molecule has 1 unspecified atom stereocenters. The lowest BCUT2D eigenvalue weighted by Crippen LogP contribution is -2.12. The van der Waals surface area contributed by atoms with Crippen molar-refractivity contribution in [3.63, 3.8) is 0 Å². The Hall–Kier alpha value is -0.430. The minimum Gasteiger partial charge on any atom is -0.374 e. The second kappa shape index (κ2) is 5.48. The topological polar surface area (TPSA) is 47.0 Å². The third-order valence-corrected chi connectivity index (χ3v) is 3.98. The van der Waals surface area contributed by atoms with E-state index in [0.717, 1.165) is 18.2 Å². The smallest absolute Gasteiger partial charge is 0.159 e. The molecule has 1 N–H and O–H groups in total. The number of rotatable bonds is 5. The van der Waals surface area contributed by atoms with E-state index in [-0.39, 0.29) is 6.10 Å². The first kappa shape index (κ1) is 13.0. The van der Waals surface area contributed by atoms with E-state index in [2.05, 4.69) is 44.8 Å². The van der Waals surface area contributed by atoms with Gasteiger partial charge in [-0.3, -0.25) is 0 Å². The first-order chi connectivity index (χ1) is 8.17. The summed E-state index contributed by atoms with van der Waals surface area (Å²) in [5, 5.41) is 3.30. The van der Waals surface area contributed by atoms with Crippen LogP contribution in [0.3, 0.4) is 0 Å². The predicted octanol–water partition coefficient (Wildman–Crippen LogP) is 3.10. The molecule has 4 nitrogen and oxygen atoms in total. The van der Waals surface area contributed by atoms with Crippen molar-refractivity contribution >= 4 is 28.4 Å². The minimum atomic E-state index is -0.0538. The quantitative estimate of drug-likeness (QED) is 0.832. The fraction of sp³-hybridized carbons (Fsp3) is 0.667. The van der Waals surface area contributed by atoms with Crippen LogP contribution in [0, 0.1) is 3.57 Å². The van der Waals surface area contributed by atoms with E-state index in [0.29, 0.717) is 5.92 Å². The third kappa shape index (κ3) is 2.88. The summed E-state index contributed by atoms with van der Waals surface area (Å²) in [5.74, 6) is 2.36. The van der Waals surface area contributed by atoms with Crippen molar-refractivity contribution in [2.45, 2.75) is 38.7 Å². The van der Waals surface area contributed by atoms with Crippen LogP contribution in [-0.4, -0.2) is 23.6 Å². The highest BCUT2D eigenvalue weighted by Crippen LogP contribution is 2.42. The summed E-state index contributed by atoms with van der Waals surface area (Å²) in [7, 11) is 1.69.